The molecule has 0 saturated carbocycles. The Balaban J connectivity index is 1.50. The average molecular weight is 369 g/mol. The van der Waals surface area contributed by atoms with Crippen LogP contribution in [-0.4, -0.2) is 23.2 Å². The minimum atomic E-state index is 0.106. The third-order valence-electron chi connectivity index (χ3n) is 3.22. The van der Waals surface area contributed by atoms with Crippen molar-refractivity contribution in [3.05, 3.63) is 50.9 Å². The molecule has 124 valence electrons. The largest absolute Gasteiger partial charge is 0.355 e. The number of hydrogen-bond donors (Lipinski definition) is 1. The molecule has 23 heavy (non-hydrogen) atoms. The Bertz CT molecular complexity index is 613. The number of carbonyl (C=O) groups excluding carboxylic acids is 1. The molecule has 2 aromatic rings. The molecule has 1 heterocycles. The molecule has 0 aliphatic carbocycles. The minimum absolute atomic E-state index is 0.106. The number of unbranched alkanes of at least 4 members (excludes halogenated alkanes) is 1. The van der Waals surface area contributed by atoms with Gasteiger partial charge in [-0.1, -0.05) is 23.7 Å². The number of rotatable bonds is 9. The van der Waals surface area contributed by atoms with Crippen LogP contribution < -0.4 is 5.32 Å². The molecule has 1 amide bonds. The fraction of sp³-hybridized carbons (Fsp3) is 0.412. The summed E-state index contributed by atoms with van der Waals surface area (Å²) >= 11 is 9.18. The second kappa shape index (κ2) is 9.96. The van der Waals surface area contributed by atoms with Gasteiger partial charge in [-0.3, -0.25) is 4.79 Å². The van der Waals surface area contributed by atoms with Gasteiger partial charge >= 0.3 is 0 Å². The fourth-order valence-electron chi connectivity index (χ4n) is 2.04. The van der Waals surface area contributed by atoms with Gasteiger partial charge in [0.2, 0.25) is 5.91 Å². The van der Waals surface area contributed by atoms with Crippen LogP contribution in [0.25, 0.3) is 0 Å². The highest BCUT2D eigenvalue weighted by molar-refractivity contribution is 7.99. The van der Waals surface area contributed by atoms with Crippen molar-refractivity contribution >= 4 is 40.6 Å². The average Bonchev–Trinajstić information content (AvgIpc) is 2.94. The molecule has 0 atom stereocenters. The Morgan fingerprint density at radius 3 is 2.78 bits per heavy atom. The first-order valence-corrected chi connectivity index (χ1v) is 10.0. The van der Waals surface area contributed by atoms with Crippen molar-refractivity contribution in [3.8, 4) is 0 Å². The molecule has 1 aromatic carbocycles. The summed E-state index contributed by atoms with van der Waals surface area (Å²) in [5.41, 5.74) is 2.28. The van der Waals surface area contributed by atoms with Crippen LogP contribution in [0.5, 0.6) is 0 Å². The number of thiazole rings is 1. The quantitative estimate of drug-likeness (QED) is 0.663. The second-order valence-electron chi connectivity index (χ2n) is 5.31. The molecule has 1 N–H and O–H groups in total. The molecule has 0 unspecified atom stereocenters. The molecule has 2 rings (SSSR count). The van der Waals surface area contributed by atoms with Crippen molar-refractivity contribution < 1.29 is 4.79 Å². The highest BCUT2D eigenvalue weighted by atomic mass is 35.5. The molecule has 3 nitrogen and oxygen atoms in total. The number of nitrogens with zero attached hydrogens (tertiary/aromatic N) is 1. The lowest BCUT2D eigenvalue weighted by Crippen LogP contribution is -2.26. The molecule has 0 aliphatic heterocycles. The summed E-state index contributed by atoms with van der Waals surface area (Å²) < 4.78 is 0. The fourth-order valence-corrected chi connectivity index (χ4v) is 3.80. The summed E-state index contributed by atoms with van der Waals surface area (Å²) in [5.74, 6) is 1.43. The Morgan fingerprint density at radius 1 is 1.30 bits per heavy atom. The van der Waals surface area contributed by atoms with E-state index >= 15 is 0 Å². The van der Waals surface area contributed by atoms with E-state index in [-0.39, 0.29) is 5.91 Å². The molecule has 6 heteroatoms. The summed E-state index contributed by atoms with van der Waals surface area (Å²) in [7, 11) is 0. The molecule has 0 spiro atoms. The van der Waals surface area contributed by atoms with Gasteiger partial charge in [-0.2, -0.15) is 0 Å². The van der Waals surface area contributed by atoms with Crippen molar-refractivity contribution in [2.24, 2.45) is 0 Å². The van der Waals surface area contributed by atoms with Gasteiger partial charge in [-0.25, -0.2) is 4.98 Å². The summed E-state index contributed by atoms with van der Waals surface area (Å²) in [5, 5.41) is 6.98. The number of aromatic nitrogens is 1. The lowest BCUT2D eigenvalue weighted by Gasteiger charge is -2.05. The first-order chi connectivity index (χ1) is 11.1. The monoisotopic (exact) mass is 368 g/mol. The van der Waals surface area contributed by atoms with E-state index in [1.807, 2.05) is 31.2 Å². The predicted octanol–water partition coefficient (Wildman–Crippen LogP) is 4.48. The van der Waals surface area contributed by atoms with Gasteiger partial charge in [0.25, 0.3) is 0 Å². The standard InChI is InChI=1S/C17H21ClN2OS2/c1-13-10-23-17(20-13)4-2-3-9-19-16(21)12-22-11-14-5-7-15(18)8-6-14/h5-8,10H,2-4,9,11-12H2,1H3,(H,19,21). The maximum absolute atomic E-state index is 11.8. The van der Waals surface area contributed by atoms with Crippen molar-refractivity contribution in [2.45, 2.75) is 31.9 Å². The lowest BCUT2D eigenvalue weighted by molar-refractivity contribution is -0.118. The third-order valence-corrected chi connectivity index (χ3v) is 5.50. The predicted molar refractivity (Wildman–Crippen MR) is 100 cm³/mol. The zero-order chi connectivity index (χ0) is 16.5. The molecule has 0 saturated heterocycles. The number of carbonyl (C=O) groups is 1. The Hall–Kier alpha value is -1.04. The van der Waals surface area contributed by atoms with E-state index in [4.69, 9.17) is 11.6 Å². The van der Waals surface area contributed by atoms with Crippen LogP contribution in [0.3, 0.4) is 0 Å². The summed E-state index contributed by atoms with van der Waals surface area (Å²) in [6.45, 7) is 2.76. The van der Waals surface area contributed by atoms with E-state index in [0.717, 1.165) is 42.3 Å². The van der Waals surface area contributed by atoms with E-state index in [1.165, 1.54) is 10.6 Å². The van der Waals surface area contributed by atoms with Gasteiger partial charge in [-0.05, 0) is 43.9 Å². The smallest absolute Gasteiger partial charge is 0.230 e. The van der Waals surface area contributed by atoms with Gasteiger partial charge in [0.05, 0.1) is 10.8 Å². The number of benzene rings is 1. The molecule has 0 fully saturated rings. The van der Waals surface area contributed by atoms with E-state index in [1.54, 1.807) is 23.1 Å². The maximum atomic E-state index is 11.8. The second-order valence-corrected chi connectivity index (χ2v) is 7.67. The number of amides is 1. The van der Waals surface area contributed by atoms with Crippen LogP contribution >= 0.6 is 34.7 Å². The molecule has 0 aliphatic rings. The van der Waals surface area contributed by atoms with Crippen LogP contribution in [0, 0.1) is 6.92 Å². The normalized spacial score (nSPS) is 10.7. The minimum Gasteiger partial charge on any atom is -0.355 e. The summed E-state index contributed by atoms with van der Waals surface area (Å²) in [4.78, 5) is 16.2. The number of nitrogens with one attached hydrogen (secondary N) is 1. The van der Waals surface area contributed by atoms with Crippen LogP contribution in [0.15, 0.2) is 29.6 Å². The van der Waals surface area contributed by atoms with Gasteiger partial charge in [0, 0.05) is 28.4 Å². The zero-order valence-electron chi connectivity index (χ0n) is 13.2. The Morgan fingerprint density at radius 2 is 2.09 bits per heavy atom. The Kier molecular flexibility index (Phi) is 7.92. The van der Waals surface area contributed by atoms with Gasteiger partial charge in [0.1, 0.15) is 0 Å². The molecular formula is C17H21ClN2OS2. The Labute approximate surface area is 150 Å². The van der Waals surface area contributed by atoms with Gasteiger partial charge in [0.15, 0.2) is 0 Å². The van der Waals surface area contributed by atoms with Crippen LogP contribution in [-0.2, 0) is 17.0 Å². The molecule has 0 bridgehead atoms. The lowest BCUT2D eigenvalue weighted by atomic mass is 10.2. The van der Waals surface area contributed by atoms with Crippen molar-refractivity contribution in [1.29, 1.82) is 0 Å². The SMILES string of the molecule is Cc1csc(CCCCNC(=O)CSCc2ccc(Cl)cc2)n1. The van der Waals surface area contributed by atoms with Crippen molar-refractivity contribution in [1.82, 2.24) is 10.3 Å². The van der Waals surface area contributed by atoms with Crippen molar-refractivity contribution in [3.63, 3.8) is 0 Å². The maximum Gasteiger partial charge on any atom is 0.230 e. The van der Waals surface area contributed by atoms with E-state index in [9.17, 15) is 4.79 Å². The van der Waals surface area contributed by atoms with Crippen LogP contribution in [0.2, 0.25) is 5.02 Å². The first kappa shape index (κ1) is 18.3. The zero-order valence-corrected chi connectivity index (χ0v) is 15.6. The molecule has 1 aromatic heterocycles. The topological polar surface area (TPSA) is 42.0 Å². The molecule has 0 radical (unpaired) electrons. The number of hydrogen-bond acceptors (Lipinski definition) is 4. The third kappa shape index (κ3) is 7.38. The number of thioether (sulfide) groups is 1. The number of halogens is 1. The summed E-state index contributed by atoms with van der Waals surface area (Å²) in [6, 6.07) is 7.74. The molecular weight excluding hydrogens is 348 g/mol. The van der Waals surface area contributed by atoms with E-state index in [2.05, 4.69) is 15.7 Å². The van der Waals surface area contributed by atoms with Crippen LogP contribution in [0.4, 0.5) is 0 Å². The number of aryl methyl sites for hydroxylation is 2. The first-order valence-electron chi connectivity index (χ1n) is 7.63. The van der Waals surface area contributed by atoms with E-state index < -0.39 is 0 Å². The van der Waals surface area contributed by atoms with Gasteiger partial charge < -0.3 is 5.32 Å². The summed E-state index contributed by atoms with van der Waals surface area (Å²) in [6.07, 6.45) is 3.05. The highest BCUT2D eigenvalue weighted by Gasteiger charge is 2.03. The van der Waals surface area contributed by atoms with Crippen LogP contribution in [0.1, 0.15) is 29.1 Å². The van der Waals surface area contributed by atoms with E-state index in [0.29, 0.717) is 5.75 Å². The van der Waals surface area contributed by atoms with Crippen molar-refractivity contribution in [2.75, 3.05) is 12.3 Å². The highest BCUT2D eigenvalue weighted by Crippen LogP contribution is 2.15. The van der Waals surface area contributed by atoms with Gasteiger partial charge in [-0.15, -0.1) is 23.1 Å².